The average Bonchev–Trinajstić information content (AvgIpc) is 1.35. The summed E-state index contributed by atoms with van der Waals surface area (Å²) in [5, 5.41) is -3.10. The van der Waals surface area contributed by atoms with Crippen molar-refractivity contribution in [3.63, 3.8) is 0 Å². The van der Waals surface area contributed by atoms with Crippen LogP contribution < -0.4 is 0 Å². The van der Waals surface area contributed by atoms with Crippen LogP contribution in [-0.2, 0) is 0 Å². The maximum absolute atomic E-state index is 11.2. The third kappa shape index (κ3) is 4.15. The van der Waals surface area contributed by atoms with Crippen LogP contribution in [-0.4, -0.2) is 5.38 Å². The fraction of sp³-hybridized carbons (Fsp3) is 0.667. The van der Waals surface area contributed by atoms with Crippen LogP contribution in [0.5, 0.6) is 0 Å². The normalized spacial score (nSPS) is 12.0. The number of hydrogen-bond acceptors (Lipinski definition) is 0. The van der Waals surface area contributed by atoms with E-state index in [2.05, 4.69) is 18.5 Å². The van der Waals surface area contributed by atoms with Gasteiger partial charge in [-0.1, -0.05) is 0 Å². The van der Waals surface area contributed by atoms with Crippen molar-refractivity contribution in [1.82, 2.24) is 0 Å². The van der Waals surface area contributed by atoms with Gasteiger partial charge in [0.15, 0.2) is 0 Å². The summed E-state index contributed by atoms with van der Waals surface area (Å²) in [6.45, 7) is 2.88. The van der Waals surface area contributed by atoms with E-state index in [1.165, 1.54) is 0 Å². The highest BCUT2D eigenvalue weighted by Gasteiger charge is 2.19. The monoisotopic (exact) mass is 113 g/mol. The van der Waals surface area contributed by atoms with Crippen molar-refractivity contribution in [2.75, 3.05) is 0 Å². The highest BCUT2D eigenvalue weighted by Crippen LogP contribution is 2.21. The van der Waals surface area contributed by atoms with Crippen LogP contribution in [0, 0.1) is 6.92 Å². The average molecular weight is 114 g/mol. The zero-order chi connectivity index (χ0) is 5.21. The van der Waals surface area contributed by atoms with Gasteiger partial charge < -0.3 is 0 Å². The fourth-order valence-corrected chi connectivity index (χ4v) is 0. The molecule has 0 heterocycles. The number of alkyl halides is 3. The van der Waals surface area contributed by atoms with Gasteiger partial charge in [0.25, 0.3) is 0 Å². The zero-order valence-electron chi connectivity index (χ0n) is 3.05. The highest BCUT2D eigenvalue weighted by molar-refractivity contribution is 6.21. The summed E-state index contributed by atoms with van der Waals surface area (Å²) in [4.78, 5) is 0. The summed E-state index contributed by atoms with van der Waals surface area (Å²) in [6.07, 6.45) is -0.547. The van der Waals surface area contributed by atoms with E-state index in [9.17, 15) is 8.78 Å². The van der Waals surface area contributed by atoms with E-state index in [1.54, 1.807) is 0 Å². The maximum Gasteiger partial charge on any atom is 0.321 e. The Hall–Kier alpha value is 0.150. The second-order valence-electron chi connectivity index (χ2n) is 0.865. The molecule has 6 heavy (non-hydrogen) atoms. The van der Waals surface area contributed by atoms with Gasteiger partial charge in [0, 0.05) is 6.42 Å². The molecule has 0 aliphatic carbocycles. The lowest BCUT2D eigenvalue weighted by atomic mass is 10.5. The molecule has 0 rings (SSSR count). The van der Waals surface area contributed by atoms with Crippen LogP contribution in [0.2, 0.25) is 0 Å². The quantitative estimate of drug-likeness (QED) is 0.457. The molecule has 0 saturated heterocycles. The van der Waals surface area contributed by atoms with Gasteiger partial charge >= 0.3 is 5.38 Å². The Morgan fingerprint density at radius 3 is 1.83 bits per heavy atom. The molecule has 0 aromatic rings. The Bertz CT molecular complexity index is 38.5. The van der Waals surface area contributed by atoms with Crippen molar-refractivity contribution in [2.24, 2.45) is 0 Å². The van der Waals surface area contributed by atoms with E-state index in [0.717, 1.165) is 0 Å². The van der Waals surface area contributed by atoms with Gasteiger partial charge in [-0.3, -0.25) is 0 Å². The van der Waals surface area contributed by atoms with Crippen LogP contribution in [0.25, 0.3) is 0 Å². The molecular weight excluding hydrogens is 109 g/mol. The molecule has 0 bridgehead atoms. The van der Waals surface area contributed by atoms with Crippen LogP contribution in [0.15, 0.2) is 0 Å². The van der Waals surface area contributed by atoms with Crippen molar-refractivity contribution in [2.45, 2.75) is 11.8 Å². The van der Waals surface area contributed by atoms with Crippen LogP contribution in [0.1, 0.15) is 6.42 Å². The molecule has 0 N–H and O–H groups in total. The summed E-state index contributed by atoms with van der Waals surface area (Å²) in [5.41, 5.74) is 0. The number of rotatable bonds is 1. The first kappa shape index (κ1) is 6.15. The smallest absolute Gasteiger partial charge is 0.188 e. The Morgan fingerprint density at radius 1 is 1.67 bits per heavy atom. The van der Waals surface area contributed by atoms with Gasteiger partial charge in [-0.2, -0.15) is 8.78 Å². The van der Waals surface area contributed by atoms with Crippen LogP contribution >= 0.6 is 11.6 Å². The second kappa shape index (κ2) is 1.73. The van der Waals surface area contributed by atoms with Gasteiger partial charge in [0.2, 0.25) is 0 Å². The first-order valence-corrected chi connectivity index (χ1v) is 1.80. The summed E-state index contributed by atoms with van der Waals surface area (Å²) in [5.74, 6) is 0. The largest absolute Gasteiger partial charge is 0.321 e. The van der Waals surface area contributed by atoms with Gasteiger partial charge in [-0.15, -0.1) is 0 Å². The lowest BCUT2D eigenvalue weighted by Gasteiger charge is -1.98. The zero-order valence-corrected chi connectivity index (χ0v) is 3.80. The van der Waals surface area contributed by atoms with E-state index in [4.69, 9.17) is 0 Å². The second-order valence-corrected chi connectivity index (χ2v) is 1.42. The summed E-state index contributed by atoms with van der Waals surface area (Å²) in [6, 6.07) is 0. The van der Waals surface area contributed by atoms with E-state index in [0.29, 0.717) is 0 Å². The molecule has 0 spiro atoms. The van der Waals surface area contributed by atoms with Crippen molar-refractivity contribution in [3.05, 3.63) is 6.92 Å². The van der Waals surface area contributed by atoms with Crippen LogP contribution in [0.3, 0.4) is 0 Å². The van der Waals surface area contributed by atoms with Gasteiger partial charge in [0.05, 0.1) is 0 Å². The van der Waals surface area contributed by atoms with Gasteiger partial charge in [0.1, 0.15) is 0 Å². The summed E-state index contributed by atoms with van der Waals surface area (Å²) < 4.78 is 22.3. The molecule has 3 heteroatoms. The molecule has 0 unspecified atom stereocenters. The van der Waals surface area contributed by atoms with E-state index >= 15 is 0 Å². The first-order chi connectivity index (χ1) is 2.56. The van der Waals surface area contributed by atoms with Gasteiger partial charge in [-0.05, 0) is 18.5 Å². The van der Waals surface area contributed by atoms with E-state index < -0.39 is 11.8 Å². The Kier molecular flexibility index (Phi) is 1.78. The molecule has 0 saturated carbocycles. The molecule has 37 valence electrons. The third-order valence-corrected chi connectivity index (χ3v) is 0.472. The first-order valence-electron chi connectivity index (χ1n) is 1.42. The van der Waals surface area contributed by atoms with E-state index in [-0.39, 0.29) is 0 Å². The topological polar surface area (TPSA) is 0 Å². The molecule has 1 radical (unpaired) electrons. The summed E-state index contributed by atoms with van der Waals surface area (Å²) >= 11 is 4.32. The minimum absolute atomic E-state index is 0.547. The minimum Gasteiger partial charge on any atom is -0.188 e. The van der Waals surface area contributed by atoms with Crippen molar-refractivity contribution < 1.29 is 8.78 Å². The minimum atomic E-state index is -3.10. The molecule has 0 atom stereocenters. The van der Waals surface area contributed by atoms with Crippen LogP contribution in [0.4, 0.5) is 8.78 Å². The molecule has 0 aromatic heterocycles. The molecule has 0 fully saturated rings. The molecule has 0 aliphatic heterocycles. The Labute approximate surface area is 40.1 Å². The lowest BCUT2D eigenvalue weighted by molar-refractivity contribution is 0.0993. The predicted molar refractivity (Wildman–Crippen MR) is 20.8 cm³/mol. The lowest BCUT2D eigenvalue weighted by Crippen LogP contribution is -2.00. The van der Waals surface area contributed by atoms with Crippen molar-refractivity contribution in [3.8, 4) is 0 Å². The standard InChI is InChI=1S/C3H4ClF2/c1-2-3(4,5)6/h1-2H2. The highest BCUT2D eigenvalue weighted by atomic mass is 35.5. The van der Waals surface area contributed by atoms with Gasteiger partial charge in [-0.25, -0.2) is 0 Å². The fourth-order valence-electron chi connectivity index (χ4n) is 0. The predicted octanol–water partition coefficient (Wildman–Crippen LogP) is 2.04. The SMILES string of the molecule is [CH2]CC(F)(F)Cl. The summed E-state index contributed by atoms with van der Waals surface area (Å²) in [7, 11) is 0. The maximum atomic E-state index is 11.2. The number of halogens is 3. The molecule has 0 aromatic carbocycles. The number of hydrogen-bond donors (Lipinski definition) is 0. The molecule has 0 amide bonds. The van der Waals surface area contributed by atoms with Crippen molar-refractivity contribution in [1.29, 1.82) is 0 Å². The molecule has 0 aliphatic rings. The molecule has 0 nitrogen and oxygen atoms in total. The molecular formula is C3H4ClF2. The third-order valence-electron chi connectivity index (χ3n) is 0.283. The Balaban J connectivity index is 3.17. The van der Waals surface area contributed by atoms with E-state index in [1.807, 2.05) is 0 Å². The Morgan fingerprint density at radius 2 is 1.83 bits per heavy atom. The van der Waals surface area contributed by atoms with Crippen molar-refractivity contribution >= 4 is 11.6 Å².